The van der Waals surface area contributed by atoms with E-state index in [2.05, 4.69) is 9.64 Å². The molecule has 0 radical (unpaired) electrons. The summed E-state index contributed by atoms with van der Waals surface area (Å²) in [7, 11) is -1.85. The smallest absolute Gasteiger partial charge is 0.402 e. The molecule has 0 aromatic carbocycles. The van der Waals surface area contributed by atoms with Crippen LogP contribution in [0.25, 0.3) is 0 Å². The van der Waals surface area contributed by atoms with Crippen LogP contribution in [0.4, 0.5) is 0 Å². The molecule has 0 saturated heterocycles. The lowest BCUT2D eigenvalue weighted by Crippen LogP contribution is -2.50. The summed E-state index contributed by atoms with van der Waals surface area (Å²) >= 11 is 0. The highest BCUT2D eigenvalue weighted by Gasteiger charge is 2.38. The summed E-state index contributed by atoms with van der Waals surface area (Å²) < 4.78 is 4.66. The van der Waals surface area contributed by atoms with Gasteiger partial charge in [0.15, 0.2) is 0 Å². The van der Waals surface area contributed by atoms with Crippen LogP contribution in [-0.2, 0) is 4.65 Å². The highest BCUT2D eigenvalue weighted by molar-refractivity contribution is 6.32. The SMILES string of the molecule is CC(C)(O)C(C)(C)OB(O)O.c1ccncc1. The van der Waals surface area contributed by atoms with Crippen molar-refractivity contribution in [2.45, 2.75) is 38.9 Å². The Morgan fingerprint density at radius 2 is 1.47 bits per heavy atom. The first-order chi connectivity index (χ1) is 7.67. The maximum absolute atomic E-state index is 9.45. The number of aromatic nitrogens is 1. The van der Waals surface area contributed by atoms with Crippen LogP contribution < -0.4 is 0 Å². The molecule has 96 valence electrons. The van der Waals surface area contributed by atoms with E-state index in [0.717, 1.165) is 0 Å². The van der Waals surface area contributed by atoms with Gasteiger partial charge in [0, 0.05) is 12.4 Å². The molecule has 1 rings (SSSR count). The lowest BCUT2D eigenvalue weighted by atomic mass is 9.88. The molecule has 0 aliphatic heterocycles. The quantitative estimate of drug-likeness (QED) is 0.675. The van der Waals surface area contributed by atoms with Crippen molar-refractivity contribution in [3.05, 3.63) is 30.6 Å². The van der Waals surface area contributed by atoms with E-state index in [9.17, 15) is 5.11 Å². The van der Waals surface area contributed by atoms with Gasteiger partial charge in [-0.2, -0.15) is 0 Å². The summed E-state index contributed by atoms with van der Waals surface area (Å²) in [6.45, 7) is 6.23. The minimum absolute atomic E-state index is 0.985. The highest BCUT2D eigenvalue weighted by atomic mass is 16.6. The Balaban J connectivity index is 0.000000354. The van der Waals surface area contributed by atoms with Crippen LogP contribution in [0.3, 0.4) is 0 Å². The van der Waals surface area contributed by atoms with Crippen LogP contribution in [0, 0.1) is 0 Å². The van der Waals surface area contributed by atoms with Crippen molar-refractivity contribution < 1.29 is 19.8 Å². The number of hydrogen-bond donors (Lipinski definition) is 3. The minimum Gasteiger partial charge on any atom is -0.402 e. The molecule has 0 atom stereocenters. The van der Waals surface area contributed by atoms with Gasteiger partial charge >= 0.3 is 7.32 Å². The highest BCUT2D eigenvalue weighted by Crippen LogP contribution is 2.24. The summed E-state index contributed by atoms with van der Waals surface area (Å²) in [6, 6.07) is 5.72. The van der Waals surface area contributed by atoms with Gasteiger partial charge in [-0.25, -0.2) is 0 Å². The molecule has 17 heavy (non-hydrogen) atoms. The Kier molecular flexibility index (Phi) is 6.34. The molecule has 5 nitrogen and oxygen atoms in total. The van der Waals surface area contributed by atoms with Gasteiger partial charge < -0.3 is 19.8 Å². The Bertz CT molecular complexity index is 271. The summed E-state index contributed by atoms with van der Waals surface area (Å²) in [5.41, 5.74) is -2.10. The maximum Gasteiger partial charge on any atom is 0.634 e. The zero-order chi connectivity index (χ0) is 13.5. The van der Waals surface area contributed by atoms with E-state index in [1.807, 2.05) is 18.2 Å². The summed E-state index contributed by atoms with van der Waals surface area (Å²) in [5, 5.41) is 26.4. The van der Waals surface area contributed by atoms with Gasteiger partial charge in [-0.15, -0.1) is 0 Å². The molecule has 3 N–H and O–H groups in total. The first kappa shape index (κ1) is 16.1. The third kappa shape index (κ3) is 7.07. The van der Waals surface area contributed by atoms with Crippen LogP contribution in [-0.4, -0.2) is 38.7 Å². The Labute approximate surface area is 102 Å². The lowest BCUT2D eigenvalue weighted by molar-refractivity contribution is -0.109. The average molecular weight is 241 g/mol. The molecular weight excluding hydrogens is 221 g/mol. The number of aliphatic hydroxyl groups is 1. The van der Waals surface area contributed by atoms with Gasteiger partial charge in [-0.05, 0) is 39.8 Å². The van der Waals surface area contributed by atoms with Crippen molar-refractivity contribution in [3.63, 3.8) is 0 Å². The monoisotopic (exact) mass is 241 g/mol. The number of nitrogens with zero attached hydrogens (tertiary/aromatic N) is 1. The third-order valence-electron chi connectivity index (χ3n) is 2.44. The number of rotatable bonds is 3. The van der Waals surface area contributed by atoms with Crippen molar-refractivity contribution in [2.75, 3.05) is 0 Å². The van der Waals surface area contributed by atoms with E-state index in [4.69, 9.17) is 10.0 Å². The summed E-state index contributed by atoms with van der Waals surface area (Å²) in [6.07, 6.45) is 3.50. The van der Waals surface area contributed by atoms with Gasteiger partial charge in [-0.1, -0.05) is 6.07 Å². The van der Waals surface area contributed by atoms with E-state index < -0.39 is 18.5 Å². The van der Waals surface area contributed by atoms with E-state index >= 15 is 0 Å². The van der Waals surface area contributed by atoms with Crippen molar-refractivity contribution in [1.82, 2.24) is 4.98 Å². The van der Waals surface area contributed by atoms with Crippen LogP contribution in [0.15, 0.2) is 30.6 Å². The molecule has 0 spiro atoms. The van der Waals surface area contributed by atoms with E-state index in [1.165, 1.54) is 13.8 Å². The van der Waals surface area contributed by atoms with Gasteiger partial charge in [0.1, 0.15) is 0 Å². The van der Waals surface area contributed by atoms with Gasteiger partial charge in [-0.3, -0.25) is 4.98 Å². The van der Waals surface area contributed by atoms with Gasteiger partial charge in [0.25, 0.3) is 0 Å². The third-order valence-corrected chi connectivity index (χ3v) is 2.44. The van der Waals surface area contributed by atoms with Gasteiger partial charge in [0.2, 0.25) is 0 Å². The Morgan fingerprint density at radius 3 is 1.59 bits per heavy atom. The summed E-state index contributed by atoms with van der Waals surface area (Å²) in [4.78, 5) is 3.78. The molecule has 6 heteroatoms. The Morgan fingerprint density at radius 1 is 1.00 bits per heavy atom. The minimum atomic E-state index is -1.85. The standard InChI is InChI=1S/C6H15BO4.C5H5N/c1-5(2,8)6(3,4)11-7(9)10;1-2-4-6-5-3-1/h8-10H,1-4H3;1-5H. The summed E-state index contributed by atoms with van der Waals surface area (Å²) in [5.74, 6) is 0. The lowest BCUT2D eigenvalue weighted by Gasteiger charge is -2.37. The first-order valence-electron chi connectivity index (χ1n) is 5.28. The van der Waals surface area contributed by atoms with Crippen LogP contribution in [0.5, 0.6) is 0 Å². The number of pyridine rings is 1. The van der Waals surface area contributed by atoms with Crippen LogP contribution in [0.1, 0.15) is 27.7 Å². The maximum atomic E-state index is 9.45. The molecule has 0 unspecified atom stereocenters. The Hall–Kier alpha value is -0.945. The van der Waals surface area contributed by atoms with E-state index in [1.54, 1.807) is 26.2 Å². The molecular formula is C11H20BNO4. The second-order valence-electron chi connectivity index (χ2n) is 4.54. The molecule has 0 aliphatic carbocycles. The van der Waals surface area contributed by atoms with E-state index in [0.29, 0.717) is 0 Å². The molecule has 0 saturated carbocycles. The predicted octanol–water partition coefficient (Wildman–Crippen LogP) is 0.604. The first-order valence-corrected chi connectivity index (χ1v) is 5.28. The van der Waals surface area contributed by atoms with E-state index in [-0.39, 0.29) is 0 Å². The van der Waals surface area contributed by atoms with Gasteiger partial charge in [0.05, 0.1) is 11.2 Å². The average Bonchev–Trinajstić information content (AvgIpc) is 2.17. The molecule has 1 aromatic rings. The fourth-order valence-electron chi connectivity index (χ4n) is 0.720. The molecule has 0 aliphatic rings. The fraction of sp³-hybridized carbons (Fsp3) is 0.545. The molecule has 0 amide bonds. The zero-order valence-electron chi connectivity index (χ0n) is 10.7. The topological polar surface area (TPSA) is 82.8 Å². The molecule has 1 heterocycles. The largest absolute Gasteiger partial charge is 0.634 e. The molecule has 0 bridgehead atoms. The van der Waals surface area contributed by atoms with Crippen molar-refractivity contribution in [1.29, 1.82) is 0 Å². The second kappa shape index (κ2) is 6.71. The van der Waals surface area contributed by atoms with Crippen LogP contribution in [0.2, 0.25) is 0 Å². The molecule has 1 aromatic heterocycles. The predicted molar refractivity (Wildman–Crippen MR) is 65.9 cm³/mol. The zero-order valence-corrected chi connectivity index (χ0v) is 10.7. The fourth-order valence-corrected chi connectivity index (χ4v) is 0.720. The van der Waals surface area contributed by atoms with Crippen molar-refractivity contribution in [2.24, 2.45) is 0 Å². The molecule has 0 fully saturated rings. The van der Waals surface area contributed by atoms with Crippen molar-refractivity contribution >= 4 is 7.32 Å². The van der Waals surface area contributed by atoms with Crippen molar-refractivity contribution in [3.8, 4) is 0 Å². The normalized spacial score (nSPS) is 11.5. The van der Waals surface area contributed by atoms with Crippen LogP contribution >= 0.6 is 0 Å². The number of hydrogen-bond acceptors (Lipinski definition) is 5. The second-order valence-corrected chi connectivity index (χ2v) is 4.54.